The number of aromatic amines is 1. The average molecular weight is 207 g/mol. The molecule has 1 aliphatic carbocycles. The Hall–Kier alpha value is -0.830. The van der Waals surface area contributed by atoms with E-state index in [9.17, 15) is 0 Å². The fourth-order valence-electron chi connectivity index (χ4n) is 2.02. The van der Waals surface area contributed by atoms with Crippen molar-refractivity contribution in [3.8, 4) is 0 Å². The Labute approximate surface area is 91.7 Å². The molecular weight excluding hydrogens is 186 g/mol. The molecule has 3 nitrogen and oxygen atoms in total. The fourth-order valence-corrected chi connectivity index (χ4v) is 2.02. The van der Waals surface area contributed by atoms with Gasteiger partial charge >= 0.3 is 0 Å². The molecule has 84 valence electrons. The molecule has 1 unspecified atom stereocenters. The van der Waals surface area contributed by atoms with Crippen molar-refractivity contribution in [1.29, 1.82) is 0 Å². The maximum Gasteiger partial charge on any atom is 0.0537 e. The smallest absolute Gasteiger partial charge is 0.0537 e. The predicted molar refractivity (Wildman–Crippen MR) is 61.7 cm³/mol. The van der Waals surface area contributed by atoms with Gasteiger partial charge in [0.1, 0.15) is 0 Å². The summed E-state index contributed by atoms with van der Waals surface area (Å²) in [6, 6.07) is 0.419. The van der Waals surface area contributed by atoms with E-state index in [2.05, 4.69) is 29.4 Å². The molecule has 1 heterocycles. The van der Waals surface area contributed by atoms with Crippen LogP contribution in [0.5, 0.6) is 0 Å². The lowest BCUT2D eigenvalue weighted by Gasteiger charge is -2.12. The second kappa shape index (κ2) is 4.79. The summed E-state index contributed by atoms with van der Waals surface area (Å²) in [6.07, 6.45) is 7.58. The first-order valence-electron chi connectivity index (χ1n) is 6.00. The molecule has 1 aromatic heterocycles. The molecule has 0 bridgehead atoms. The van der Waals surface area contributed by atoms with E-state index in [-0.39, 0.29) is 0 Å². The van der Waals surface area contributed by atoms with E-state index >= 15 is 0 Å². The molecular formula is C12H21N3. The van der Waals surface area contributed by atoms with Gasteiger partial charge in [-0.15, -0.1) is 0 Å². The molecule has 0 aliphatic heterocycles. The zero-order chi connectivity index (χ0) is 10.7. The maximum absolute atomic E-state index is 4.04. The zero-order valence-electron chi connectivity index (χ0n) is 9.71. The highest BCUT2D eigenvalue weighted by molar-refractivity contribution is 5.18. The van der Waals surface area contributed by atoms with Crippen LogP contribution in [0.3, 0.4) is 0 Å². The van der Waals surface area contributed by atoms with Crippen molar-refractivity contribution in [3.63, 3.8) is 0 Å². The van der Waals surface area contributed by atoms with Crippen molar-refractivity contribution >= 4 is 0 Å². The lowest BCUT2D eigenvalue weighted by Crippen LogP contribution is -2.20. The summed E-state index contributed by atoms with van der Waals surface area (Å²) < 4.78 is 0. The molecule has 0 spiro atoms. The van der Waals surface area contributed by atoms with Gasteiger partial charge in [-0.2, -0.15) is 5.10 Å². The first-order chi connectivity index (χ1) is 7.27. The van der Waals surface area contributed by atoms with Crippen molar-refractivity contribution < 1.29 is 0 Å². The minimum atomic E-state index is 0.419. The third kappa shape index (κ3) is 3.06. The molecule has 0 aromatic carbocycles. The van der Waals surface area contributed by atoms with Crippen LogP contribution in [0.25, 0.3) is 0 Å². The van der Waals surface area contributed by atoms with Crippen molar-refractivity contribution in [2.24, 2.45) is 5.92 Å². The largest absolute Gasteiger partial charge is 0.310 e. The van der Waals surface area contributed by atoms with E-state index in [0.29, 0.717) is 6.04 Å². The molecule has 1 saturated carbocycles. The first-order valence-corrected chi connectivity index (χ1v) is 6.00. The Kier molecular flexibility index (Phi) is 3.41. The van der Waals surface area contributed by atoms with E-state index in [1.165, 1.54) is 36.9 Å². The number of nitrogens with one attached hydrogen (secondary N) is 2. The Morgan fingerprint density at radius 2 is 2.40 bits per heavy atom. The standard InChI is InChI=1S/C12H21N3/c1-9(12-8-14-15-10(12)2)13-7-3-4-11-5-6-11/h8-9,11,13H,3-7H2,1-2H3,(H,14,15). The van der Waals surface area contributed by atoms with Gasteiger partial charge in [0.2, 0.25) is 0 Å². The number of nitrogens with zero attached hydrogens (tertiary/aromatic N) is 1. The predicted octanol–water partition coefficient (Wildman–Crippen LogP) is 2.56. The summed E-state index contributed by atoms with van der Waals surface area (Å²) >= 11 is 0. The Morgan fingerprint density at radius 3 is 3.00 bits per heavy atom. The van der Waals surface area contributed by atoms with E-state index in [4.69, 9.17) is 0 Å². The van der Waals surface area contributed by atoms with Crippen LogP contribution in [0.1, 0.15) is 49.9 Å². The molecule has 0 saturated heterocycles. The van der Waals surface area contributed by atoms with Crippen LogP contribution in [-0.4, -0.2) is 16.7 Å². The van der Waals surface area contributed by atoms with Gasteiger partial charge in [0.15, 0.2) is 0 Å². The van der Waals surface area contributed by atoms with Gasteiger partial charge in [-0.05, 0) is 39.2 Å². The van der Waals surface area contributed by atoms with Crippen LogP contribution in [0.15, 0.2) is 6.20 Å². The Morgan fingerprint density at radius 1 is 1.60 bits per heavy atom. The lowest BCUT2D eigenvalue weighted by molar-refractivity contribution is 0.532. The molecule has 0 amide bonds. The Balaban J connectivity index is 1.67. The SMILES string of the molecule is Cc1[nH]ncc1C(C)NCCCC1CC1. The minimum Gasteiger partial charge on any atom is -0.310 e. The summed E-state index contributed by atoms with van der Waals surface area (Å²) in [7, 11) is 0. The number of H-pyrrole nitrogens is 1. The second-order valence-electron chi connectivity index (χ2n) is 4.71. The summed E-state index contributed by atoms with van der Waals surface area (Å²) in [5, 5.41) is 10.6. The maximum atomic E-state index is 4.04. The van der Waals surface area contributed by atoms with Crippen LogP contribution < -0.4 is 5.32 Å². The third-order valence-corrected chi connectivity index (χ3v) is 3.27. The van der Waals surface area contributed by atoms with Crippen LogP contribution in [0, 0.1) is 12.8 Å². The van der Waals surface area contributed by atoms with Gasteiger partial charge in [0.05, 0.1) is 6.20 Å². The second-order valence-corrected chi connectivity index (χ2v) is 4.71. The Bertz CT molecular complexity index is 302. The summed E-state index contributed by atoms with van der Waals surface area (Å²) in [6.45, 7) is 5.40. The van der Waals surface area contributed by atoms with Gasteiger partial charge in [-0.1, -0.05) is 12.8 Å². The van der Waals surface area contributed by atoms with Crippen LogP contribution in [0.4, 0.5) is 0 Å². The quantitative estimate of drug-likeness (QED) is 0.704. The average Bonchev–Trinajstić information content (AvgIpc) is 2.94. The third-order valence-electron chi connectivity index (χ3n) is 3.27. The van der Waals surface area contributed by atoms with E-state index < -0.39 is 0 Å². The molecule has 1 atom stereocenters. The molecule has 15 heavy (non-hydrogen) atoms. The van der Waals surface area contributed by atoms with E-state index in [1.54, 1.807) is 0 Å². The number of aromatic nitrogens is 2. The number of rotatable bonds is 6. The molecule has 2 rings (SSSR count). The molecule has 1 aromatic rings. The van der Waals surface area contributed by atoms with E-state index in [0.717, 1.165) is 12.5 Å². The van der Waals surface area contributed by atoms with E-state index in [1.807, 2.05) is 6.20 Å². The fraction of sp³-hybridized carbons (Fsp3) is 0.750. The highest BCUT2D eigenvalue weighted by atomic mass is 15.1. The van der Waals surface area contributed by atoms with Gasteiger partial charge in [0, 0.05) is 17.3 Å². The molecule has 2 N–H and O–H groups in total. The normalized spacial score (nSPS) is 18.0. The van der Waals surface area contributed by atoms with Gasteiger partial charge in [0.25, 0.3) is 0 Å². The van der Waals surface area contributed by atoms with Crippen molar-refractivity contribution in [1.82, 2.24) is 15.5 Å². The van der Waals surface area contributed by atoms with Crippen LogP contribution >= 0.6 is 0 Å². The highest BCUT2D eigenvalue weighted by Gasteiger charge is 2.20. The molecule has 3 heteroatoms. The van der Waals surface area contributed by atoms with Crippen LogP contribution in [0.2, 0.25) is 0 Å². The van der Waals surface area contributed by atoms with Gasteiger partial charge in [-0.3, -0.25) is 5.10 Å². The minimum absolute atomic E-state index is 0.419. The molecule has 0 radical (unpaired) electrons. The topological polar surface area (TPSA) is 40.7 Å². The molecule has 1 aliphatic rings. The summed E-state index contributed by atoms with van der Waals surface area (Å²) in [5.41, 5.74) is 2.47. The monoisotopic (exact) mass is 207 g/mol. The number of hydrogen-bond acceptors (Lipinski definition) is 2. The molecule has 1 fully saturated rings. The number of hydrogen-bond donors (Lipinski definition) is 2. The highest BCUT2D eigenvalue weighted by Crippen LogP contribution is 2.33. The van der Waals surface area contributed by atoms with Crippen molar-refractivity contribution in [2.45, 2.75) is 45.6 Å². The first kappa shape index (κ1) is 10.7. The van der Waals surface area contributed by atoms with Gasteiger partial charge < -0.3 is 5.32 Å². The summed E-state index contributed by atoms with van der Waals surface area (Å²) in [5.74, 6) is 1.05. The van der Waals surface area contributed by atoms with Gasteiger partial charge in [-0.25, -0.2) is 0 Å². The van der Waals surface area contributed by atoms with Crippen molar-refractivity contribution in [2.75, 3.05) is 6.54 Å². The number of aryl methyl sites for hydroxylation is 1. The summed E-state index contributed by atoms with van der Waals surface area (Å²) in [4.78, 5) is 0. The lowest BCUT2D eigenvalue weighted by atomic mass is 10.1. The van der Waals surface area contributed by atoms with Crippen LogP contribution in [-0.2, 0) is 0 Å². The zero-order valence-corrected chi connectivity index (χ0v) is 9.71. The van der Waals surface area contributed by atoms with Crippen molar-refractivity contribution in [3.05, 3.63) is 17.5 Å².